The molecule has 1 fully saturated rings. The average Bonchev–Trinajstić information content (AvgIpc) is 3.53. The zero-order valence-electron chi connectivity index (χ0n) is 26.1. The molecule has 242 valence electrons. The molecular formula is C30H39FN7O6P. The van der Waals surface area contributed by atoms with E-state index in [1.807, 2.05) is 45.0 Å². The molecule has 4 N–H and O–H groups in total. The first-order chi connectivity index (χ1) is 21.2. The summed E-state index contributed by atoms with van der Waals surface area (Å²) in [5.41, 5.74) is 6.41. The lowest BCUT2D eigenvalue weighted by Gasteiger charge is -2.27. The number of nitrogens with zero attached hydrogens (tertiary/aromatic N) is 4. The molecule has 1 aliphatic rings. The minimum absolute atomic E-state index is 0.0156. The van der Waals surface area contributed by atoms with Gasteiger partial charge in [-0.1, -0.05) is 64.1 Å². The summed E-state index contributed by atoms with van der Waals surface area (Å²) in [6.07, 6.45) is 0.544. The molecule has 1 aliphatic heterocycles. The standard InChI is InChI=1S/C30H39FN7O6P/c1-18-14-30(31,43-26(18)38-17-34-23-24(33-6)35-28(32)36-25(23)38)16-42-45(40,37-19(2)27(39)41-15-29(3,4)5)44-22-13-9-11-20-10-7-8-12-21(20)22/h7-13,17-19,26H,14-16H2,1-6H3,(H,37,40)(H3,32,33,35,36)/t18-,19-,26+,30-,45-/m0/s1. The molecule has 5 atom stereocenters. The number of nitrogens with two attached hydrogens (primary N) is 1. The van der Waals surface area contributed by atoms with Crippen LogP contribution in [0.4, 0.5) is 16.2 Å². The maximum atomic E-state index is 16.4. The summed E-state index contributed by atoms with van der Waals surface area (Å²) in [7, 11) is -2.73. The summed E-state index contributed by atoms with van der Waals surface area (Å²) >= 11 is 0. The third-order valence-electron chi connectivity index (χ3n) is 7.17. The van der Waals surface area contributed by atoms with Crippen LogP contribution in [0.2, 0.25) is 0 Å². The van der Waals surface area contributed by atoms with Crippen molar-refractivity contribution in [2.24, 2.45) is 11.3 Å². The summed E-state index contributed by atoms with van der Waals surface area (Å²) in [6, 6.07) is 11.5. The normalized spacial score (nSPS) is 22.3. The van der Waals surface area contributed by atoms with E-state index >= 15 is 4.39 Å². The van der Waals surface area contributed by atoms with E-state index in [2.05, 4.69) is 25.4 Å². The maximum Gasteiger partial charge on any atom is 0.459 e. The number of benzene rings is 2. The quantitative estimate of drug-likeness (QED) is 0.137. The van der Waals surface area contributed by atoms with Crippen molar-refractivity contribution >= 4 is 47.4 Å². The van der Waals surface area contributed by atoms with Gasteiger partial charge in [0.05, 0.1) is 12.9 Å². The minimum Gasteiger partial charge on any atom is -0.464 e. The van der Waals surface area contributed by atoms with E-state index in [1.165, 1.54) is 13.3 Å². The van der Waals surface area contributed by atoms with E-state index in [9.17, 15) is 9.36 Å². The number of carbonyl (C=O) groups excluding carboxylic acids is 1. The molecule has 15 heteroatoms. The SMILES string of the molecule is CNc1nc(N)nc2c1ncn2[C@@H]1O[C@](F)(CO[P@@](=O)(N[C@@H](C)C(=O)OCC(C)(C)C)Oc2cccc3ccccc23)C[C@@H]1C. The molecule has 1 saturated heterocycles. The Balaban J connectivity index is 1.38. The predicted molar refractivity (Wildman–Crippen MR) is 168 cm³/mol. The summed E-state index contributed by atoms with van der Waals surface area (Å²) in [4.78, 5) is 25.6. The van der Waals surface area contributed by atoms with Crippen molar-refractivity contribution in [1.82, 2.24) is 24.6 Å². The van der Waals surface area contributed by atoms with Crippen molar-refractivity contribution < 1.29 is 32.3 Å². The van der Waals surface area contributed by atoms with Crippen LogP contribution in [0.5, 0.6) is 5.75 Å². The summed E-state index contributed by atoms with van der Waals surface area (Å²) in [5, 5.41) is 7.05. The number of hydrogen-bond donors (Lipinski definition) is 3. The van der Waals surface area contributed by atoms with Crippen LogP contribution in [-0.2, 0) is 23.4 Å². The zero-order valence-corrected chi connectivity index (χ0v) is 27.0. The third kappa shape index (κ3) is 7.36. The van der Waals surface area contributed by atoms with E-state index in [4.69, 9.17) is 24.3 Å². The molecule has 3 heterocycles. The van der Waals surface area contributed by atoms with Gasteiger partial charge < -0.3 is 25.0 Å². The number of carbonyl (C=O) groups is 1. The highest BCUT2D eigenvalue weighted by atomic mass is 31.2. The third-order valence-corrected chi connectivity index (χ3v) is 8.78. The summed E-state index contributed by atoms with van der Waals surface area (Å²) in [5.74, 6) is -2.74. The van der Waals surface area contributed by atoms with Crippen molar-refractivity contribution in [2.45, 2.75) is 59.2 Å². The number of nitrogens with one attached hydrogen (secondary N) is 2. The molecule has 45 heavy (non-hydrogen) atoms. The van der Waals surface area contributed by atoms with Gasteiger partial charge in [0.2, 0.25) is 11.8 Å². The van der Waals surface area contributed by atoms with Crippen LogP contribution < -0.4 is 20.7 Å². The molecular weight excluding hydrogens is 604 g/mol. The first-order valence-electron chi connectivity index (χ1n) is 14.6. The van der Waals surface area contributed by atoms with E-state index in [-0.39, 0.29) is 36.1 Å². The first kappa shape index (κ1) is 32.6. The highest BCUT2D eigenvalue weighted by Crippen LogP contribution is 2.50. The second-order valence-electron chi connectivity index (χ2n) is 12.4. The molecule has 2 aromatic heterocycles. The van der Waals surface area contributed by atoms with Crippen molar-refractivity contribution in [2.75, 3.05) is 31.3 Å². The number of esters is 1. The Morgan fingerprint density at radius 3 is 2.71 bits per heavy atom. The molecule has 13 nitrogen and oxygen atoms in total. The number of hydrogen-bond acceptors (Lipinski definition) is 11. The van der Waals surface area contributed by atoms with Crippen LogP contribution in [0.25, 0.3) is 21.9 Å². The summed E-state index contributed by atoms with van der Waals surface area (Å²) < 4.78 is 55.2. The van der Waals surface area contributed by atoms with Crippen molar-refractivity contribution in [1.29, 1.82) is 0 Å². The monoisotopic (exact) mass is 643 g/mol. The van der Waals surface area contributed by atoms with Gasteiger partial charge in [-0.15, -0.1) is 0 Å². The Morgan fingerprint density at radius 2 is 1.98 bits per heavy atom. The molecule has 0 aliphatic carbocycles. The number of anilines is 2. The maximum absolute atomic E-state index is 16.4. The number of fused-ring (bicyclic) bond motifs is 2. The highest BCUT2D eigenvalue weighted by molar-refractivity contribution is 7.52. The number of rotatable bonds is 11. The lowest BCUT2D eigenvalue weighted by molar-refractivity contribution is -0.173. The zero-order chi connectivity index (χ0) is 32.6. The van der Waals surface area contributed by atoms with E-state index in [1.54, 1.807) is 36.7 Å². The van der Waals surface area contributed by atoms with E-state index in [0.717, 1.165) is 5.39 Å². The lowest BCUT2D eigenvalue weighted by atomic mass is 9.99. The Morgan fingerprint density at radius 1 is 1.24 bits per heavy atom. The molecule has 4 aromatic rings. The fraction of sp³-hybridized carbons (Fsp3) is 0.467. The molecule has 0 unspecified atom stereocenters. The number of halogens is 1. The number of aromatic nitrogens is 4. The lowest BCUT2D eigenvalue weighted by Crippen LogP contribution is -2.38. The topological polar surface area (TPSA) is 165 Å². The summed E-state index contributed by atoms with van der Waals surface area (Å²) in [6.45, 7) is 8.41. The molecule has 2 aromatic carbocycles. The van der Waals surface area contributed by atoms with Gasteiger partial charge in [-0.05, 0) is 23.8 Å². The Labute approximate surface area is 260 Å². The second kappa shape index (κ2) is 12.5. The second-order valence-corrected chi connectivity index (χ2v) is 14.1. The minimum atomic E-state index is -4.41. The van der Waals surface area contributed by atoms with Gasteiger partial charge in [0.15, 0.2) is 17.0 Å². The van der Waals surface area contributed by atoms with Gasteiger partial charge in [0.1, 0.15) is 24.6 Å². The number of ether oxygens (including phenoxy) is 2. The predicted octanol–water partition coefficient (Wildman–Crippen LogP) is 5.60. The number of imidazole rings is 1. The number of alkyl halides is 1. The van der Waals surface area contributed by atoms with Gasteiger partial charge in [0.25, 0.3) is 0 Å². The molecule has 0 spiro atoms. The van der Waals surface area contributed by atoms with Gasteiger partial charge in [-0.3, -0.25) is 13.9 Å². The van der Waals surface area contributed by atoms with Gasteiger partial charge >= 0.3 is 13.7 Å². The van der Waals surface area contributed by atoms with Crippen LogP contribution >= 0.6 is 7.75 Å². The van der Waals surface area contributed by atoms with Gasteiger partial charge in [-0.2, -0.15) is 15.1 Å². The van der Waals surface area contributed by atoms with Gasteiger partial charge in [0, 0.05) is 24.8 Å². The molecule has 0 saturated carbocycles. The molecule has 0 bridgehead atoms. The van der Waals surface area contributed by atoms with Crippen LogP contribution in [0, 0.1) is 11.3 Å². The van der Waals surface area contributed by atoms with E-state index < -0.39 is 38.4 Å². The van der Waals surface area contributed by atoms with Crippen LogP contribution in [0.3, 0.4) is 0 Å². The van der Waals surface area contributed by atoms with E-state index in [0.29, 0.717) is 22.4 Å². The van der Waals surface area contributed by atoms with Crippen molar-refractivity contribution in [3.63, 3.8) is 0 Å². The molecule has 5 rings (SSSR count). The molecule has 0 radical (unpaired) electrons. The van der Waals surface area contributed by atoms with Crippen LogP contribution in [0.15, 0.2) is 48.8 Å². The van der Waals surface area contributed by atoms with Crippen LogP contribution in [0.1, 0.15) is 47.3 Å². The van der Waals surface area contributed by atoms with Crippen molar-refractivity contribution in [3.05, 3.63) is 48.8 Å². The molecule has 0 amide bonds. The Kier molecular flexibility index (Phi) is 9.05. The van der Waals surface area contributed by atoms with Crippen LogP contribution in [-0.4, -0.2) is 57.6 Å². The Hall–Kier alpha value is -3.84. The average molecular weight is 644 g/mol. The fourth-order valence-corrected chi connectivity index (χ4v) is 6.60. The van der Waals surface area contributed by atoms with Gasteiger partial charge in [-0.25, -0.2) is 13.9 Å². The smallest absolute Gasteiger partial charge is 0.459 e. The highest BCUT2D eigenvalue weighted by Gasteiger charge is 2.49. The first-order valence-corrected chi connectivity index (χ1v) is 16.1. The largest absolute Gasteiger partial charge is 0.464 e. The Bertz CT molecular complexity index is 1740. The van der Waals surface area contributed by atoms with Crippen molar-refractivity contribution in [3.8, 4) is 5.75 Å². The fourth-order valence-electron chi connectivity index (χ4n) is 5.06. The number of nitrogen functional groups attached to an aromatic ring is 1.